The van der Waals surface area contributed by atoms with E-state index in [2.05, 4.69) is 25.6 Å². The number of hydrogen-bond acceptors (Lipinski definition) is 8. The molecule has 1 aliphatic heterocycles. The minimum absolute atomic E-state index is 0.428. The van der Waals surface area contributed by atoms with Gasteiger partial charge in [-0.25, -0.2) is 9.40 Å². The van der Waals surface area contributed by atoms with Crippen molar-refractivity contribution in [2.45, 2.75) is 6.92 Å². The lowest BCUT2D eigenvalue weighted by Gasteiger charge is -2.16. The predicted octanol–water partition coefficient (Wildman–Crippen LogP) is 3.68. The second kappa shape index (κ2) is 6.14. The van der Waals surface area contributed by atoms with Crippen LogP contribution in [0.1, 0.15) is 6.92 Å². The fourth-order valence-electron chi connectivity index (χ4n) is 2.17. The maximum atomic E-state index is 6.31. The Morgan fingerprint density at radius 1 is 1.25 bits per heavy atom. The molecule has 1 N–H and O–H groups in total. The fraction of sp³-hybridized carbons (Fsp3) is 0.0667. The van der Waals surface area contributed by atoms with Crippen LogP contribution < -0.4 is 9.84 Å². The van der Waals surface area contributed by atoms with Gasteiger partial charge in [0.25, 0.3) is 0 Å². The molecule has 0 aliphatic carbocycles. The van der Waals surface area contributed by atoms with Gasteiger partial charge in [0.05, 0.1) is 23.1 Å². The summed E-state index contributed by atoms with van der Waals surface area (Å²) in [7, 11) is 0. The molecule has 0 atom stereocenters. The van der Waals surface area contributed by atoms with Crippen molar-refractivity contribution in [3.63, 3.8) is 0 Å². The zero-order valence-corrected chi connectivity index (χ0v) is 14.0. The third-order valence-corrected chi connectivity index (χ3v) is 4.59. The third-order valence-electron chi connectivity index (χ3n) is 3.31. The lowest BCUT2D eigenvalue weighted by Crippen LogP contribution is -2.26. The number of aromatic nitrogens is 4. The largest absolute Gasteiger partial charge is 0.423 e. The summed E-state index contributed by atoms with van der Waals surface area (Å²) in [6, 6.07) is 5.45. The van der Waals surface area contributed by atoms with Crippen molar-refractivity contribution in [1.29, 1.82) is 0 Å². The first-order chi connectivity index (χ1) is 11.7. The van der Waals surface area contributed by atoms with Gasteiger partial charge in [-0.3, -0.25) is 10.4 Å². The average molecular weight is 359 g/mol. The zero-order chi connectivity index (χ0) is 16.5. The van der Waals surface area contributed by atoms with Gasteiger partial charge in [0.15, 0.2) is 5.82 Å². The number of nitrogens with zero attached hydrogens (tertiary/aromatic N) is 5. The third kappa shape index (κ3) is 2.81. The fourth-order valence-corrected chi connectivity index (χ4v) is 3.10. The summed E-state index contributed by atoms with van der Waals surface area (Å²) >= 11 is 7.82. The van der Waals surface area contributed by atoms with Gasteiger partial charge in [-0.2, -0.15) is 0 Å². The van der Waals surface area contributed by atoms with Crippen LogP contribution in [-0.2, 0) is 0 Å². The number of halogens is 1. The van der Waals surface area contributed by atoms with Gasteiger partial charge in [0.1, 0.15) is 0 Å². The second-order valence-corrected chi connectivity index (χ2v) is 6.23. The molecule has 0 spiro atoms. The molecular formula is C15H11ClN6OS. The lowest BCUT2D eigenvalue weighted by atomic mass is 10.1. The van der Waals surface area contributed by atoms with Crippen molar-refractivity contribution in [1.82, 2.24) is 25.6 Å². The van der Waals surface area contributed by atoms with Gasteiger partial charge in [0.2, 0.25) is 12.3 Å². The van der Waals surface area contributed by atoms with Crippen LogP contribution in [0.25, 0.3) is 22.7 Å². The topological polar surface area (TPSA) is 80.0 Å². The van der Waals surface area contributed by atoms with Crippen molar-refractivity contribution in [2.24, 2.45) is 0 Å². The molecule has 0 saturated heterocycles. The maximum absolute atomic E-state index is 6.31. The Morgan fingerprint density at radius 2 is 2.17 bits per heavy atom. The highest BCUT2D eigenvalue weighted by Gasteiger charge is 2.15. The van der Waals surface area contributed by atoms with Crippen molar-refractivity contribution in [3.8, 4) is 22.7 Å². The van der Waals surface area contributed by atoms with Gasteiger partial charge in [-0.05, 0) is 25.1 Å². The Hall–Kier alpha value is -2.58. The van der Waals surface area contributed by atoms with Gasteiger partial charge in [-0.15, -0.1) is 10.2 Å². The van der Waals surface area contributed by atoms with Crippen molar-refractivity contribution in [3.05, 3.63) is 53.1 Å². The molecule has 120 valence electrons. The highest BCUT2D eigenvalue weighted by atomic mass is 35.5. The van der Waals surface area contributed by atoms with E-state index >= 15 is 0 Å². The van der Waals surface area contributed by atoms with E-state index in [1.807, 2.05) is 28.9 Å². The summed E-state index contributed by atoms with van der Waals surface area (Å²) in [5.74, 6) is 1.14. The van der Waals surface area contributed by atoms with Gasteiger partial charge in [-0.1, -0.05) is 11.6 Å². The molecule has 1 aromatic carbocycles. The standard InChI is InChI=1S/C15H11ClN6OS/c1-9-7-24-22(21-9)14-6-17-13(5-18-14)11-4-10(2-3-12(11)16)15-20-19-8-23-15/h2-8,21H,1H3. The molecule has 3 aromatic rings. The van der Waals surface area contributed by atoms with E-state index in [-0.39, 0.29) is 0 Å². The molecule has 0 fully saturated rings. The van der Waals surface area contributed by atoms with E-state index in [1.54, 1.807) is 18.5 Å². The Labute approximate surface area is 146 Å². The van der Waals surface area contributed by atoms with E-state index in [1.165, 1.54) is 18.3 Å². The summed E-state index contributed by atoms with van der Waals surface area (Å²) in [5, 5.41) is 10.2. The monoisotopic (exact) mass is 358 g/mol. The molecule has 9 heteroatoms. The first-order valence-electron chi connectivity index (χ1n) is 6.99. The maximum Gasteiger partial charge on any atom is 0.247 e. The number of allylic oxidation sites excluding steroid dienone is 1. The molecule has 3 heterocycles. The molecule has 2 aromatic heterocycles. The number of hydrazine groups is 1. The molecule has 0 amide bonds. The number of benzene rings is 1. The van der Waals surface area contributed by atoms with Crippen LogP contribution >= 0.6 is 23.5 Å². The summed E-state index contributed by atoms with van der Waals surface area (Å²) in [6.07, 6.45) is 4.66. The lowest BCUT2D eigenvalue weighted by molar-refractivity contribution is 0.568. The van der Waals surface area contributed by atoms with E-state index in [0.717, 1.165) is 16.8 Å². The van der Waals surface area contributed by atoms with Gasteiger partial charge in [0, 0.05) is 34.2 Å². The minimum atomic E-state index is 0.428. The van der Waals surface area contributed by atoms with Crippen LogP contribution in [0, 0.1) is 0 Å². The summed E-state index contributed by atoms with van der Waals surface area (Å²) in [4.78, 5) is 8.91. The van der Waals surface area contributed by atoms with Crippen LogP contribution in [0.5, 0.6) is 0 Å². The molecule has 7 nitrogen and oxygen atoms in total. The van der Waals surface area contributed by atoms with Crippen molar-refractivity contribution < 1.29 is 4.42 Å². The first kappa shape index (κ1) is 15.0. The Bertz CT molecular complexity index is 897. The molecular weight excluding hydrogens is 348 g/mol. The molecule has 0 unspecified atom stereocenters. The highest BCUT2D eigenvalue weighted by Crippen LogP contribution is 2.32. The Kier molecular flexibility index (Phi) is 3.83. The van der Waals surface area contributed by atoms with Gasteiger partial charge >= 0.3 is 0 Å². The molecule has 0 bridgehead atoms. The Morgan fingerprint density at radius 3 is 2.83 bits per heavy atom. The zero-order valence-electron chi connectivity index (χ0n) is 12.5. The van der Waals surface area contributed by atoms with Gasteiger partial charge < -0.3 is 4.42 Å². The van der Waals surface area contributed by atoms with E-state index in [0.29, 0.717) is 22.4 Å². The van der Waals surface area contributed by atoms with Crippen LogP contribution in [-0.4, -0.2) is 20.2 Å². The highest BCUT2D eigenvalue weighted by molar-refractivity contribution is 8.03. The van der Waals surface area contributed by atoms with Crippen LogP contribution in [0.4, 0.5) is 5.82 Å². The van der Waals surface area contributed by atoms with E-state index in [4.69, 9.17) is 16.0 Å². The van der Waals surface area contributed by atoms with Crippen LogP contribution in [0.2, 0.25) is 5.02 Å². The molecule has 0 saturated carbocycles. The SMILES string of the molecule is CC1=CSN(c2cnc(-c3cc(-c4nnco4)ccc3Cl)cn2)N1. The van der Waals surface area contributed by atoms with Crippen LogP contribution in [0.15, 0.2) is 52.5 Å². The molecule has 1 aliphatic rings. The normalized spacial score (nSPS) is 13.8. The predicted molar refractivity (Wildman–Crippen MR) is 92.7 cm³/mol. The molecule has 24 heavy (non-hydrogen) atoms. The van der Waals surface area contributed by atoms with Crippen LogP contribution in [0.3, 0.4) is 0 Å². The van der Waals surface area contributed by atoms with E-state index in [9.17, 15) is 0 Å². The second-order valence-electron chi connectivity index (χ2n) is 5.01. The quantitative estimate of drug-likeness (QED) is 0.710. The smallest absolute Gasteiger partial charge is 0.247 e. The number of nitrogens with one attached hydrogen (secondary N) is 1. The number of anilines is 1. The van der Waals surface area contributed by atoms with E-state index < -0.39 is 0 Å². The summed E-state index contributed by atoms with van der Waals surface area (Å²) in [5.41, 5.74) is 6.42. The van der Waals surface area contributed by atoms with Crippen molar-refractivity contribution >= 4 is 29.4 Å². The molecule has 4 rings (SSSR count). The summed E-state index contributed by atoms with van der Waals surface area (Å²) in [6.45, 7) is 1.98. The average Bonchev–Trinajstić information content (AvgIpc) is 3.27. The molecule has 0 radical (unpaired) electrons. The minimum Gasteiger partial charge on any atom is -0.423 e. The van der Waals surface area contributed by atoms with Crippen molar-refractivity contribution in [2.75, 3.05) is 4.41 Å². The Balaban J connectivity index is 1.65. The first-order valence-corrected chi connectivity index (χ1v) is 8.21. The number of rotatable bonds is 3. The summed E-state index contributed by atoms with van der Waals surface area (Å²) < 4.78 is 7.06. The number of hydrogen-bond donors (Lipinski definition) is 1.